The van der Waals surface area contributed by atoms with Crippen LogP contribution in [-0.4, -0.2) is 9.97 Å². The van der Waals surface area contributed by atoms with Gasteiger partial charge in [-0.15, -0.1) is 0 Å². The summed E-state index contributed by atoms with van der Waals surface area (Å²) in [4.78, 5) is 19.1. The molecule has 0 unspecified atom stereocenters. The summed E-state index contributed by atoms with van der Waals surface area (Å²) >= 11 is 0. The molecule has 0 radical (unpaired) electrons. The normalized spacial score (nSPS) is 10.5. The molecule has 0 amide bonds. The van der Waals surface area contributed by atoms with E-state index in [1.54, 1.807) is 36.5 Å². The molecule has 4 heteroatoms. The van der Waals surface area contributed by atoms with Gasteiger partial charge in [0, 0.05) is 22.5 Å². The number of pyridine rings is 2. The average molecular weight is 314 g/mol. The van der Waals surface area contributed by atoms with Gasteiger partial charge in [0.2, 0.25) is 0 Å². The van der Waals surface area contributed by atoms with Crippen LogP contribution in [0.15, 0.2) is 65.6 Å². The summed E-state index contributed by atoms with van der Waals surface area (Å²) in [7, 11) is 0. The third-order valence-corrected chi connectivity index (χ3v) is 3.83. The van der Waals surface area contributed by atoms with Crippen molar-refractivity contribution in [1.82, 2.24) is 9.97 Å². The van der Waals surface area contributed by atoms with Crippen molar-refractivity contribution in [3.8, 4) is 11.8 Å². The maximum Gasteiger partial charge on any atom is 0.257 e. The van der Waals surface area contributed by atoms with Crippen molar-refractivity contribution in [3.05, 3.63) is 88.1 Å². The molecule has 0 saturated carbocycles. The molecule has 0 spiro atoms. The van der Waals surface area contributed by atoms with E-state index in [9.17, 15) is 9.18 Å². The van der Waals surface area contributed by atoms with Gasteiger partial charge in [0.25, 0.3) is 5.56 Å². The summed E-state index contributed by atoms with van der Waals surface area (Å²) in [5, 5.41) is 2.12. The number of benzene rings is 2. The van der Waals surface area contributed by atoms with Crippen LogP contribution in [0.3, 0.4) is 0 Å². The maximum absolute atomic E-state index is 13.7. The van der Waals surface area contributed by atoms with E-state index in [0.29, 0.717) is 22.2 Å². The van der Waals surface area contributed by atoms with Crippen LogP contribution in [0.5, 0.6) is 0 Å². The summed E-state index contributed by atoms with van der Waals surface area (Å²) < 4.78 is 13.7. The number of H-pyrrole nitrogens is 1. The van der Waals surface area contributed by atoms with Gasteiger partial charge in [-0.1, -0.05) is 42.2 Å². The molecule has 1 N–H and O–H groups in total. The lowest BCUT2D eigenvalue weighted by molar-refractivity contribution is 0.624. The first-order chi connectivity index (χ1) is 11.7. The van der Waals surface area contributed by atoms with Crippen molar-refractivity contribution in [2.24, 2.45) is 0 Å². The monoisotopic (exact) mass is 314 g/mol. The van der Waals surface area contributed by atoms with Crippen molar-refractivity contribution in [2.75, 3.05) is 0 Å². The zero-order chi connectivity index (χ0) is 16.5. The summed E-state index contributed by atoms with van der Waals surface area (Å²) in [6.45, 7) is 0. The number of nitrogens with one attached hydrogen (secondary N) is 1. The maximum atomic E-state index is 13.7. The number of aromatic amines is 1. The lowest BCUT2D eigenvalue weighted by atomic mass is 10.0. The lowest BCUT2D eigenvalue weighted by Crippen LogP contribution is -2.07. The van der Waals surface area contributed by atoms with Crippen LogP contribution in [0.4, 0.5) is 4.39 Å². The molecule has 2 aromatic heterocycles. The Labute approximate surface area is 136 Å². The Morgan fingerprint density at radius 2 is 1.58 bits per heavy atom. The van der Waals surface area contributed by atoms with Gasteiger partial charge in [-0.2, -0.15) is 0 Å². The molecule has 0 fully saturated rings. The highest BCUT2D eigenvalue weighted by molar-refractivity contribution is 6.06. The van der Waals surface area contributed by atoms with E-state index in [2.05, 4.69) is 21.8 Å². The highest BCUT2D eigenvalue weighted by atomic mass is 19.1. The van der Waals surface area contributed by atoms with E-state index in [4.69, 9.17) is 0 Å². The summed E-state index contributed by atoms with van der Waals surface area (Å²) in [6, 6.07) is 15.4. The number of nitrogens with zero attached hydrogens (tertiary/aromatic N) is 1. The van der Waals surface area contributed by atoms with Gasteiger partial charge in [-0.05, 0) is 29.7 Å². The largest absolute Gasteiger partial charge is 0.306 e. The van der Waals surface area contributed by atoms with Gasteiger partial charge in [-0.3, -0.25) is 4.79 Å². The second-order valence-electron chi connectivity index (χ2n) is 5.31. The summed E-state index contributed by atoms with van der Waals surface area (Å²) in [5.41, 5.74) is 1.30. The minimum Gasteiger partial charge on any atom is -0.306 e. The summed E-state index contributed by atoms with van der Waals surface area (Å²) in [6.07, 6.45) is 1.58. The third-order valence-electron chi connectivity index (χ3n) is 3.83. The van der Waals surface area contributed by atoms with Crippen LogP contribution in [0.2, 0.25) is 0 Å². The van der Waals surface area contributed by atoms with E-state index in [1.807, 2.05) is 18.2 Å². The Hall–Kier alpha value is -3.45. The molecule has 24 heavy (non-hydrogen) atoms. The van der Waals surface area contributed by atoms with Crippen molar-refractivity contribution >= 4 is 21.8 Å². The molecule has 2 aromatic carbocycles. The first kappa shape index (κ1) is 14.2. The fourth-order valence-corrected chi connectivity index (χ4v) is 2.70. The first-order valence-corrected chi connectivity index (χ1v) is 7.40. The molecular formula is C20H11FN2O. The predicted molar refractivity (Wildman–Crippen MR) is 92.2 cm³/mol. The van der Waals surface area contributed by atoms with Crippen molar-refractivity contribution in [2.45, 2.75) is 0 Å². The van der Waals surface area contributed by atoms with Gasteiger partial charge in [0.05, 0.1) is 5.56 Å². The number of halogens is 1. The smallest absolute Gasteiger partial charge is 0.257 e. The highest BCUT2D eigenvalue weighted by Crippen LogP contribution is 2.22. The standard InChI is InChI=1S/C20H11FN2O/c21-17-8-4-1-5-13(17)9-10-14-11-12-22-19-18(14)15-6-2-3-7-16(15)20(24)23-19/h1-8,11-12H,(H,22,23,24). The van der Waals surface area contributed by atoms with Crippen LogP contribution in [0.1, 0.15) is 11.1 Å². The third kappa shape index (κ3) is 2.33. The van der Waals surface area contributed by atoms with Gasteiger partial charge in [0.15, 0.2) is 0 Å². The number of hydrogen-bond donors (Lipinski definition) is 1. The molecular weight excluding hydrogens is 303 g/mol. The van der Waals surface area contributed by atoms with Gasteiger partial charge >= 0.3 is 0 Å². The summed E-state index contributed by atoms with van der Waals surface area (Å²) in [5.74, 6) is 5.50. The molecule has 0 aliphatic carbocycles. The van der Waals surface area contributed by atoms with Crippen LogP contribution in [-0.2, 0) is 0 Å². The van der Waals surface area contributed by atoms with E-state index >= 15 is 0 Å². The van der Waals surface area contributed by atoms with Gasteiger partial charge in [-0.25, -0.2) is 9.37 Å². The number of hydrogen-bond acceptors (Lipinski definition) is 2. The lowest BCUT2D eigenvalue weighted by Gasteiger charge is -2.04. The van der Waals surface area contributed by atoms with E-state index in [-0.39, 0.29) is 11.4 Å². The molecule has 0 atom stereocenters. The molecule has 0 aliphatic heterocycles. The van der Waals surface area contributed by atoms with Gasteiger partial charge < -0.3 is 4.98 Å². The Morgan fingerprint density at radius 1 is 0.875 bits per heavy atom. The highest BCUT2D eigenvalue weighted by Gasteiger charge is 2.08. The van der Waals surface area contributed by atoms with Gasteiger partial charge in [0.1, 0.15) is 11.5 Å². The first-order valence-electron chi connectivity index (χ1n) is 7.40. The minimum atomic E-state index is -0.360. The molecule has 3 nitrogen and oxygen atoms in total. The molecule has 4 rings (SSSR count). The molecule has 0 aliphatic rings. The quantitative estimate of drug-likeness (QED) is 0.398. The second kappa shape index (κ2) is 5.64. The predicted octanol–water partition coefficient (Wildman–Crippen LogP) is 3.62. The Kier molecular flexibility index (Phi) is 3.33. The van der Waals surface area contributed by atoms with Crippen LogP contribution >= 0.6 is 0 Å². The topological polar surface area (TPSA) is 45.8 Å². The number of rotatable bonds is 0. The Balaban J connectivity index is 2.03. The van der Waals surface area contributed by atoms with E-state index in [1.165, 1.54) is 6.07 Å². The van der Waals surface area contributed by atoms with Crippen molar-refractivity contribution < 1.29 is 4.39 Å². The van der Waals surface area contributed by atoms with Crippen molar-refractivity contribution in [3.63, 3.8) is 0 Å². The minimum absolute atomic E-state index is 0.190. The molecule has 0 bridgehead atoms. The second-order valence-corrected chi connectivity index (χ2v) is 5.31. The molecule has 0 saturated heterocycles. The fourth-order valence-electron chi connectivity index (χ4n) is 2.70. The van der Waals surface area contributed by atoms with Crippen LogP contribution in [0.25, 0.3) is 21.8 Å². The fraction of sp³-hybridized carbons (Fsp3) is 0. The van der Waals surface area contributed by atoms with Crippen molar-refractivity contribution in [1.29, 1.82) is 0 Å². The SMILES string of the molecule is O=c1[nH]c2nccc(C#Cc3ccccc3F)c2c2ccccc12. The molecule has 4 aromatic rings. The molecule has 2 heterocycles. The number of aromatic nitrogens is 2. The average Bonchev–Trinajstić information content (AvgIpc) is 2.61. The van der Waals surface area contributed by atoms with Crippen LogP contribution in [0, 0.1) is 17.7 Å². The van der Waals surface area contributed by atoms with E-state index in [0.717, 1.165) is 10.8 Å². The molecule has 114 valence electrons. The zero-order valence-electron chi connectivity index (χ0n) is 12.5. The van der Waals surface area contributed by atoms with E-state index < -0.39 is 0 Å². The number of fused-ring (bicyclic) bond motifs is 3. The Morgan fingerprint density at radius 3 is 2.42 bits per heavy atom. The Bertz CT molecular complexity index is 1200. The zero-order valence-corrected chi connectivity index (χ0v) is 12.5. The van der Waals surface area contributed by atoms with Crippen LogP contribution < -0.4 is 5.56 Å².